The van der Waals surface area contributed by atoms with Gasteiger partial charge in [-0.15, -0.1) is 11.3 Å². The third-order valence-corrected chi connectivity index (χ3v) is 5.54. The maximum atomic E-state index is 4.55. The molecule has 1 N–H and O–H groups in total. The van der Waals surface area contributed by atoms with Crippen molar-refractivity contribution in [3.63, 3.8) is 0 Å². The quantitative estimate of drug-likeness (QED) is 0.908. The van der Waals surface area contributed by atoms with Gasteiger partial charge in [0.1, 0.15) is 0 Å². The van der Waals surface area contributed by atoms with E-state index in [1.165, 1.54) is 21.8 Å². The highest BCUT2D eigenvalue weighted by Gasteiger charge is 2.18. The van der Waals surface area contributed by atoms with E-state index >= 15 is 0 Å². The topological polar surface area (TPSA) is 41.7 Å². The molecule has 1 aliphatic rings. The van der Waals surface area contributed by atoms with Crippen molar-refractivity contribution < 1.29 is 0 Å². The second-order valence-corrected chi connectivity index (χ2v) is 7.93. The van der Waals surface area contributed by atoms with Gasteiger partial charge in [-0.2, -0.15) is 5.10 Å². The van der Waals surface area contributed by atoms with E-state index in [0.717, 1.165) is 23.2 Å². The van der Waals surface area contributed by atoms with Crippen molar-refractivity contribution >= 4 is 34.0 Å². The Morgan fingerprint density at radius 3 is 2.83 bits per heavy atom. The van der Waals surface area contributed by atoms with Crippen LogP contribution in [0.2, 0.25) is 0 Å². The monoisotopic (exact) mass is 346 g/mol. The molecule has 0 fully saturated rings. The largest absolute Gasteiger partial charge is 0.343 e. The van der Waals surface area contributed by atoms with Gasteiger partial charge < -0.3 is 4.57 Å². The van der Waals surface area contributed by atoms with Crippen molar-refractivity contribution in [3.05, 3.63) is 45.4 Å². The minimum absolute atomic E-state index is 0.289. The number of nitrogens with zero attached hydrogens (tertiary/aromatic N) is 3. The zero-order valence-corrected chi connectivity index (χ0v) is 15.6. The van der Waals surface area contributed by atoms with Crippen LogP contribution in [0.15, 0.2) is 33.7 Å². The fraction of sp³-hybridized carbons (Fsp3) is 0.412. The van der Waals surface area contributed by atoms with E-state index in [0.29, 0.717) is 0 Å². The van der Waals surface area contributed by atoms with Gasteiger partial charge in [0.15, 0.2) is 5.17 Å². The minimum Gasteiger partial charge on any atom is -0.343 e. The lowest BCUT2D eigenvalue weighted by Gasteiger charge is -2.16. The summed E-state index contributed by atoms with van der Waals surface area (Å²) >= 11 is 3.53. The number of hydrazone groups is 1. The maximum absolute atomic E-state index is 4.55. The highest BCUT2D eigenvalue weighted by Crippen LogP contribution is 2.22. The van der Waals surface area contributed by atoms with Crippen LogP contribution in [0, 0.1) is 13.8 Å². The molecular weight excluding hydrogens is 324 g/mol. The van der Waals surface area contributed by atoms with E-state index in [1.54, 1.807) is 23.1 Å². The average molecular weight is 347 g/mol. The molecule has 0 atom stereocenters. The Bertz CT molecular complexity index is 739. The summed E-state index contributed by atoms with van der Waals surface area (Å²) in [5.74, 6) is 0.863. The van der Waals surface area contributed by atoms with E-state index in [9.17, 15) is 0 Å². The molecule has 1 aliphatic heterocycles. The summed E-state index contributed by atoms with van der Waals surface area (Å²) in [5.41, 5.74) is 7.99. The van der Waals surface area contributed by atoms with Crippen LogP contribution in [-0.2, 0) is 6.54 Å². The molecule has 122 valence electrons. The summed E-state index contributed by atoms with van der Waals surface area (Å²) in [5, 5.41) is 7.59. The lowest BCUT2D eigenvalue weighted by Crippen LogP contribution is -2.26. The van der Waals surface area contributed by atoms with Gasteiger partial charge in [-0.1, -0.05) is 17.8 Å². The summed E-state index contributed by atoms with van der Waals surface area (Å²) in [6, 6.07) is 6.83. The predicted molar refractivity (Wildman–Crippen MR) is 102 cm³/mol. The molecule has 0 aromatic carbocycles. The van der Waals surface area contributed by atoms with Gasteiger partial charge in [-0.25, -0.2) is 0 Å². The highest BCUT2D eigenvalue weighted by molar-refractivity contribution is 8.14. The first-order valence-corrected chi connectivity index (χ1v) is 9.63. The third-order valence-electron chi connectivity index (χ3n) is 3.79. The van der Waals surface area contributed by atoms with E-state index < -0.39 is 0 Å². The van der Waals surface area contributed by atoms with Crippen LogP contribution in [0.4, 0.5) is 0 Å². The van der Waals surface area contributed by atoms with Gasteiger partial charge in [0, 0.05) is 33.6 Å². The van der Waals surface area contributed by atoms with Gasteiger partial charge in [0.2, 0.25) is 0 Å². The molecule has 0 saturated heterocycles. The minimum atomic E-state index is 0.289. The molecule has 2 aromatic heterocycles. The summed E-state index contributed by atoms with van der Waals surface area (Å²) in [4.78, 5) is 5.89. The zero-order chi connectivity index (χ0) is 16.4. The number of hydrogen-bond donors (Lipinski definition) is 1. The first-order valence-electron chi connectivity index (χ1n) is 7.77. The normalized spacial score (nSPS) is 16.7. The zero-order valence-electron chi connectivity index (χ0n) is 14.0. The third kappa shape index (κ3) is 3.70. The number of thiophene rings is 1. The van der Waals surface area contributed by atoms with Crippen molar-refractivity contribution in [2.45, 2.75) is 40.3 Å². The van der Waals surface area contributed by atoms with Crippen LogP contribution in [0.5, 0.6) is 0 Å². The number of aryl methyl sites for hydroxylation is 1. The Morgan fingerprint density at radius 1 is 1.39 bits per heavy atom. The molecule has 0 saturated carbocycles. The molecule has 0 bridgehead atoms. The van der Waals surface area contributed by atoms with Crippen LogP contribution in [-0.4, -0.2) is 27.2 Å². The maximum Gasteiger partial charge on any atom is 0.177 e. The van der Waals surface area contributed by atoms with Crippen molar-refractivity contribution in [2.75, 3.05) is 5.75 Å². The SMILES string of the molecule is Cc1cc(C2=NNC(=NC(C)C)SC2)c(C)n1Cc1cccs1. The van der Waals surface area contributed by atoms with E-state index in [-0.39, 0.29) is 6.04 Å². The lowest BCUT2D eigenvalue weighted by atomic mass is 10.1. The number of rotatable bonds is 4. The Labute approximate surface area is 145 Å². The van der Waals surface area contributed by atoms with Gasteiger partial charge >= 0.3 is 0 Å². The predicted octanol–water partition coefficient (Wildman–Crippen LogP) is 4.02. The summed E-state index contributed by atoms with van der Waals surface area (Å²) < 4.78 is 2.37. The summed E-state index contributed by atoms with van der Waals surface area (Å²) in [7, 11) is 0. The molecule has 0 unspecified atom stereocenters. The van der Waals surface area contributed by atoms with Crippen LogP contribution < -0.4 is 5.43 Å². The van der Waals surface area contributed by atoms with Crippen molar-refractivity contribution in [1.82, 2.24) is 9.99 Å². The Morgan fingerprint density at radius 2 is 2.22 bits per heavy atom. The van der Waals surface area contributed by atoms with Crippen LogP contribution in [0.3, 0.4) is 0 Å². The number of nitrogens with one attached hydrogen (secondary N) is 1. The van der Waals surface area contributed by atoms with E-state index in [1.807, 2.05) is 0 Å². The molecular formula is C17H22N4S2. The molecule has 0 aliphatic carbocycles. The number of aliphatic imine (C=N–C) groups is 1. The van der Waals surface area contributed by atoms with Crippen LogP contribution in [0.25, 0.3) is 0 Å². The lowest BCUT2D eigenvalue weighted by molar-refractivity contribution is 0.758. The first-order chi connectivity index (χ1) is 11.0. The number of thioether (sulfide) groups is 1. The van der Waals surface area contributed by atoms with E-state index in [4.69, 9.17) is 0 Å². The molecule has 3 heterocycles. The standard InChI is InChI=1S/C17H22N4S2/c1-11(2)18-17-20-19-16(10-23-17)15-8-12(3)21(13(15)4)9-14-6-5-7-22-14/h5-8,11H,9-10H2,1-4H3,(H,18,20). The second kappa shape index (κ2) is 6.93. The van der Waals surface area contributed by atoms with Gasteiger partial charge in [-0.3, -0.25) is 10.4 Å². The second-order valence-electron chi connectivity index (χ2n) is 5.94. The Kier molecular flexibility index (Phi) is 4.92. The molecule has 3 rings (SSSR count). The number of hydrogen-bond acceptors (Lipinski definition) is 4. The average Bonchev–Trinajstić information content (AvgIpc) is 3.11. The van der Waals surface area contributed by atoms with Crippen molar-refractivity contribution in [2.24, 2.45) is 10.1 Å². The first kappa shape index (κ1) is 16.3. The van der Waals surface area contributed by atoms with Crippen molar-refractivity contribution in [3.8, 4) is 0 Å². The Balaban J connectivity index is 1.83. The summed E-state index contributed by atoms with van der Waals surface area (Å²) in [6.07, 6.45) is 0. The van der Waals surface area contributed by atoms with Crippen LogP contribution >= 0.6 is 23.1 Å². The van der Waals surface area contributed by atoms with Gasteiger partial charge in [0.25, 0.3) is 0 Å². The summed E-state index contributed by atoms with van der Waals surface area (Å²) in [6.45, 7) is 9.43. The Hall–Kier alpha value is -1.53. The van der Waals surface area contributed by atoms with Crippen molar-refractivity contribution in [1.29, 1.82) is 0 Å². The van der Waals surface area contributed by atoms with Gasteiger partial charge in [-0.05, 0) is 45.2 Å². The van der Waals surface area contributed by atoms with Gasteiger partial charge in [0.05, 0.1) is 12.3 Å². The fourth-order valence-corrected chi connectivity index (χ4v) is 4.23. The van der Waals surface area contributed by atoms with Crippen LogP contribution in [0.1, 0.15) is 35.7 Å². The molecule has 0 spiro atoms. The molecule has 0 radical (unpaired) electrons. The fourth-order valence-electron chi connectivity index (χ4n) is 2.65. The molecule has 6 heteroatoms. The smallest absolute Gasteiger partial charge is 0.177 e. The van der Waals surface area contributed by atoms with E-state index in [2.05, 4.69) is 71.4 Å². The highest BCUT2D eigenvalue weighted by atomic mass is 32.2. The number of amidine groups is 1. The molecule has 23 heavy (non-hydrogen) atoms. The molecule has 4 nitrogen and oxygen atoms in total. The molecule has 0 amide bonds. The molecule has 2 aromatic rings. The number of aromatic nitrogens is 1.